The fourth-order valence-electron chi connectivity index (χ4n) is 1.07. The van der Waals surface area contributed by atoms with Gasteiger partial charge in [-0.15, -0.1) is 16.7 Å². The molecule has 0 saturated heterocycles. The van der Waals surface area contributed by atoms with E-state index in [1.807, 2.05) is 0 Å². The molecule has 0 spiro atoms. The molecule has 0 aliphatic rings. The zero-order valence-corrected chi connectivity index (χ0v) is 10.1. The number of hydrogen-bond donors (Lipinski definition) is 0. The molecule has 0 unspecified atom stereocenters. The molecule has 86 valence electrons. The van der Waals surface area contributed by atoms with Gasteiger partial charge >= 0.3 is 0 Å². The summed E-state index contributed by atoms with van der Waals surface area (Å²) in [5.41, 5.74) is 0.851. The maximum atomic E-state index is 10.9. The summed E-state index contributed by atoms with van der Waals surface area (Å²) in [4.78, 5) is 0. The summed E-state index contributed by atoms with van der Waals surface area (Å²) in [5.74, 6) is 0.682. The molecule has 7 heteroatoms. The van der Waals surface area contributed by atoms with E-state index < -0.39 is 9.84 Å². The summed E-state index contributed by atoms with van der Waals surface area (Å²) in [7, 11) is -2.94. The smallest absolute Gasteiger partial charge is 0.149 e. The molecular formula is C8H14ClN3O2S. The highest BCUT2D eigenvalue weighted by Crippen LogP contribution is 1.99. The highest BCUT2D eigenvalue weighted by molar-refractivity contribution is 7.90. The molecule has 0 bridgehead atoms. The summed E-state index contributed by atoms with van der Waals surface area (Å²) in [6.07, 6.45) is 4.60. The van der Waals surface area contributed by atoms with Crippen LogP contribution in [0.4, 0.5) is 0 Å². The molecule has 1 heterocycles. The van der Waals surface area contributed by atoms with Crippen molar-refractivity contribution in [3.63, 3.8) is 0 Å². The first-order valence-corrected chi connectivity index (χ1v) is 7.23. The summed E-state index contributed by atoms with van der Waals surface area (Å²) < 4.78 is 23.4. The van der Waals surface area contributed by atoms with Crippen LogP contribution >= 0.6 is 11.6 Å². The first-order chi connectivity index (χ1) is 7.01. The number of aromatic nitrogens is 3. The van der Waals surface area contributed by atoms with Crippen LogP contribution in [0.5, 0.6) is 0 Å². The number of aryl methyl sites for hydroxylation is 2. The number of hydrogen-bond acceptors (Lipinski definition) is 4. The van der Waals surface area contributed by atoms with Crippen molar-refractivity contribution in [3.8, 4) is 0 Å². The maximum Gasteiger partial charge on any atom is 0.149 e. The Hall–Kier alpha value is -0.620. The van der Waals surface area contributed by atoms with Crippen molar-refractivity contribution < 1.29 is 8.42 Å². The average Bonchev–Trinajstić information content (AvgIpc) is 2.58. The second-order valence-electron chi connectivity index (χ2n) is 3.40. The van der Waals surface area contributed by atoms with Crippen molar-refractivity contribution in [1.29, 1.82) is 0 Å². The Morgan fingerprint density at radius 3 is 2.87 bits per heavy atom. The van der Waals surface area contributed by atoms with Crippen molar-refractivity contribution in [3.05, 3.63) is 11.9 Å². The molecule has 0 aliphatic heterocycles. The maximum absolute atomic E-state index is 10.9. The Labute approximate surface area is 94.3 Å². The van der Waals surface area contributed by atoms with E-state index in [0.717, 1.165) is 18.5 Å². The van der Waals surface area contributed by atoms with Crippen LogP contribution in [0.25, 0.3) is 0 Å². The van der Waals surface area contributed by atoms with Crippen LogP contribution < -0.4 is 0 Å². The van der Waals surface area contributed by atoms with Crippen LogP contribution in [-0.2, 0) is 22.8 Å². The molecule has 0 amide bonds. The molecule has 1 aromatic rings. The van der Waals surface area contributed by atoms with Crippen LogP contribution in [0, 0.1) is 0 Å². The molecular weight excluding hydrogens is 238 g/mol. The first kappa shape index (κ1) is 12.4. The number of sulfone groups is 1. The fourth-order valence-corrected chi connectivity index (χ4v) is 1.72. The Balaban J connectivity index is 2.46. The minimum atomic E-state index is -2.94. The zero-order valence-electron chi connectivity index (χ0n) is 8.56. The largest absolute Gasteiger partial charge is 0.251 e. The summed E-state index contributed by atoms with van der Waals surface area (Å²) in [6, 6.07) is 0. The Morgan fingerprint density at radius 2 is 2.27 bits per heavy atom. The molecule has 0 atom stereocenters. The van der Waals surface area contributed by atoms with E-state index in [-0.39, 0.29) is 5.75 Å². The fraction of sp³-hybridized carbons (Fsp3) is 0.750. The molecule has 0 aliphatic carbocycles. The summed E-state index contributed by atoms with van der Waals surface area (Å²) >= 11 is 5.54. The molecule has 5 nitrogen and oxygen atoms in total. The van der Waals surface area contributed by atoms with Gasteiger partial charge in [-0.05, 0) is 12.8 Å². The predicted octanol–water partition coefficient (Wildman–Crippen LogP) is 0.494. The zero-order chi connectivity index (χ0) is 11.3. The SMILES string of the molecule is CS(=O)(=O)CCn1cc(CCCCl)nn1. The van der Waals surface area contributed by atoms with Gasteiger partial charge in [-0.25, -0.2) is 8.42 Å². The first-order valence-electron chi connectivity index (χ1n) is 4.64. The lowest BCUT2D eigenvalue weighted by Gasteiger charge is -1.97. The Kier molecular flexibility index (Phi) is 4.53. The van der Waals surface area contributed by atoms with Crippen LogP contribution in [0.3, 0.4) is 0 Å². The van der Waals surface area contributed by atoms with Gasteiger partial charge in [-0.2, -0.15) is 0 Å². The van der Waals surface area contributed by atoms with E-state index in [4.69, 9.17) is 11.6 Å². The van der Waals surface area contributed by atoms with Gasteiger partial charge < -0.3 is 0 Å². The van der Waals surface area contributed by atoms with Crippen molar-refractivity contribution >= 4 is 21.4 Å². The minimum Gasteiger partial charge on any atom is -0.251 e. The van der Waals surface area contributed by atoms with Gasteiger partial charge in [0.25, 0.3) is 0 Å². The highest BCUT2D eigenvalue weighted by atomic mass is 35.5. The lowest BCUT2D eigenvalue weighted by Crippen LogP contribution is -2.11. The van der Waals surface area contributed by atoms with Gasteiger partial charge in [0.1, 0.15) is 9.84 Å². The molecule has 0 N–H and O–H groups in total. The topological polar surface area (TPSA) is 64.8 Å². The molecule has 0 aromatic carbocycles. The van der Waals surface area contributed by atoms with Crippen molar-refractivity contribution in [2.45, 2.75) is 19.4 Å². The number of rotatable bonds is 6. The highest BCUT2D eigenvalue weighted by Gasteiger charge is 2.04. The van der Waals surface area contributed by atoms with Crippen molar-refractivity contribution in [1.82, 2.24) is 15.0 Å². The predicted molar refractivity (Wildman–Crippen MR) is 58.8 cm³/mol. The average molecular weight is 252 g/mol. The van der Waals surface area contributed by atoms with Gasteiger partial charge in [0.15, 0.2) is 0 Å². The third kappa shape index (κ3) is 5.13. The monoisotopic (exact) mass is 251 g/mol. The molecule has 0 saturated carbocycles. The molecule has 0 radical (unpaired) electrons. The summed E-state index contributed by atoms with van der Waals surface area (Å²) in [6.45, 7) is 0.354. The number of nitrogens with zero attached hydrogens (tertiary/aromatic N) is 3. The van der Waals surface area contributed by atoms with E-state index in [0.29, 0.717) is 12.4 Å². The lowest BCUT2D eigenvalue weighted by molar-refractivity contribution is 0.579. The van der Waals surface area contributed by atoms with Gasteiger partial charge in [0.05, 0.1) is 18.0 Å². The normalized spacial score (nSPS) is 11.9. The van der Waals surface area contributed by atoms with Crippen LogP contribution in [0.15, 0.2) is 6.20 Å². The van der Waals surface area contributed by atoms with E-state index in [1.54, 1.807) is 10.9 Å². The van der Waals surface area contributed by atoms with Crippen molar-refractivity contribution in [2.75, 3.05) is 17.9 Å². The minimum absolute atomic E-state index is 0.0886. The van der Waals surface area contributed by atoms with Gasteiger partial charge in [0.2, 0.25) is 0 Å². The molecule has 0 fully saturated rings. The molecule has 1 rings (SSSR count). The van der Waals surface area contributed by atoms with E-state index in [2.05, 4.69) is 10.3 Å². The quantitative estimate of drug-likeness (QED) is 0.691. The molecule has 15 heavy (non-hydrogen) atoms. The Morgan fingerprint density at radius 1 is 1.53 bits per heavy atom. The van der Waals surface area contributed by atoms with Gasteiger partial charge in [-0.1, -0.05) is 5.21 Å². The van der Waals surface area contributed by atoms with Gasteiger partial charge in [0, 0.05) is 18.3 Å². The number of alkyl halides is 1. The van der Waals surface area contributed by atoms with E-state index in [1.165, 1.54) is 6.26 Å². The second kappa shape index (κ2) is 5.46. The van der Waals surface area contributed by atoms with E-state index >= 15 is 0 Å². The van der Waals surface area contributed by atoms with Crippen molar-refractivity contribution in [2.24, 2.45) is 0 Å². The molecule has 1 aromatic heterocycles. The van der Waals surface area contributed by atoms with Crippen LogP contribution in [0.1, 0.15) is 12.1 Å². The second-order valence-corrected chi connectivity index (χ2v) is 6.03. The van der Waals surface area contributed by atoms with Crippen LogP contribution in [-0.4, -0.2) is 41.3 Å². The van der Waals surface area contributed by atoms with Gasteiger partial charge in [-0.3, -0.25) is 4.68 Å². The van der Waals surface area contributed by atoms with E-state index in [9.17, 15) is 8.42 Å². The van der Waals surface area contributed by atoms with Crippen LogP contribution in [0.2, 0.25) is 0 Å². The Bertz CT molecular complexity index is 402. The summed E-state index contributed by atoms with van der Waals surface area (Å²) in [5, 5.41) is 7.75. The number of halogens is 1. The standard InChI is InChI=1S/C8H14ClN3O2S/c1-15(13,14)6-5-12-7-8(10-11-12)3-2-4-9/h7H,2-6H2,1H3. The third-order valence-electron chi connectivity index (χ3n) is 1.84. The lowest BCUT2D eigenvalue weighted by atomic mass is 10.3. The third-order valence-corrected chi connectivity index (χ3v) is 3.04.